The molecule has 0 aromatic heterocycles. The number of hydroxylamine groups is 1. The maximum absolute atomic E-state index is 9.16. The molecule has 0 bridgehead atoms. The van der Waals surface area contributed by atoms with Gasteiger partial charge in [-0.2, -0.15) is 5.06 Å². The molecule has 0 aliphatic rings. The molecule has 1 aromatic rings. The molecule has 0 atom stereocenters. The summed E-state index contributed by atoms with van der Waals surface area (Å²) in [5, 5.41) is 9.87. The molecule has 11 heavy (non-hydrogen) atoms. The molecule has 0 saturated carbocycles. The monoisotopic (exact) mass is 168 g/mol. The summed E-state index contributed by atoms with van der Waals surface area (Å²) in [5.41, 5.74) is 5.74. The standard InChI is InChI=1S/C7H8N2OS/c8-7(11)9(10)6-4-2-1-3-5-6/h1-5,10H,(H2,8,11). The average Bonchev–Trinajstić information content (AvgIpc) is 2.05. The molecule has 0 fully saturated rings. The van der Waals surface area contributed by atoms with Crippen molar-refractivity contribution in [2.45, 2.75) is 0 Å². The highest BCUT2D eigenvalue weighted by molar-refractivity contribution is 7.80. The molecule has 0 aliphatic heterocycles. The second-order valence-corrected chi connectivity index (χ2v) is 2.40. The molecule has 4 heteroatoms. The predicted octanol–water partition coefficient (Wildman–Crippen LogP) is 1.13. The van der Waals surface area contributed by atoms with Gasteiger partial charge in [0.05, 0.1) is 5.69 Å². The van der Waals surface area contributed by atoms with Crippen molar-refractivity contribution < 1.29 is 5.21 Å². The van der Waals surface area contributed by atoms with E-state index < -0.39 is 0 Å². The number of nitrogens with two attached hydrogens (primary N) is 1. The Hall–Kier alpha value is -1.13. The molecule has 0 saturated heterocycles. The van der Waals surface area contributed by atoms with Crippen LogP contribution in [0.1, 0.15) is 0 Å². The van der Waals surface area contributed by atoms with Crippen LogP contribution in [0.4, 0.5) is 5.69 Å². The number of nitrogens with zero attached hydrogens (tertiary/aromatic N) is 1. The molecule has 0 heterocycles. The number of hydrogen-bond acceptors (Lipinski definition) is 2. The van der Waals surface area contributed by atoms with Crippen LogP contribution < -0.4 is 10.8 Å². The lowest BCUT2D eigenvalue weighted by molar-refractivity contribution is 0.313. The Balaban J connectivity index is 2.85. The van der Waals surface area contributed by atoms with E-state index >= 15 is 0 Å². The maximum atomic E-state index is 9.16. The summed E-state index contributed by atoms with van der Waals surface area (Å²) in [6, 6.07) is 8.84. The number of hydrogen-bond donors (Lipinski definition) is 2. The van der Waals surface area contributed by atoms with Crippen molar-refractivity contribution in [3.63, 3.8) is 0 Å². The second kappa shape index (κ2) is 3.32. The number of benzene rings is 1. The van der Waals surface area contributed by atoms with E-state index in [-0.39, 0.29) is 5.11 Å². The Kier molecular flexibility index (Phi) is 2.40. The van der Waals surface area contributed by atoms with Crippen LogP contribution >= 0.6 is 12.2 Å². The predicted molar refractivity (Wildman–Crippen MR) is 47.5 cm³/mol. The van der Waals surface area contributed by atoms with Gasteiger partial charge in [-0.1, -0.05) is 18.2 Å². The Morgan fingerprint density at radius 2 is 1.91 bits per heavy atom. The minimum atomic E-state index is -0.0591. The first kappa shape index (κ1) is 7.97. The van der Waals surface area contributed by atoms with Crippen molar-refractivity contribution in [3.05, 3.63) is 30.3 Å². The third kappa shape index (κ3) is 1.89. The Labute approximate surface area is 70.0 Å². The zero-order valence-electron chi connectivity index (χ0n) is 5.77. The maximum Gasteiger partial charge on any atom is 0.195 e. The lowest BCUT2D eigenvalue weighted by Gasteiger charge is -2.13. The second-order valence-electron chi connectivity index (χ2n) is 1.99. The van der Waals surface area contributed by atoms with Gasteiger partial charge in [0.25, 0.3) is 0 Å². The molecular weight excluding hydrogens is 160 g/mol. The third-order valence-corrected chi connectivity index (χ3v) is 1.38. The zero-order valence-corrected chi connectivity index (χ0v) is 6.58. The van der Waals surface area contributed by atoms with Crippen LogP contribution in [-0.4, -0.2) is 10.3 Å². The molecule has 0 unspecified atom stereocenters. The summed E-state index contributed by atoms with van der Waals surface area (Å²) in [6.45, 7) is 0. The first-order valence-corrected chi connectivity index (χ1v) is 3.46. The lowest BCUT2D eigenvalue weighted by atomic mass is 10.3. The highest BCUT2D eigenvalue weighted by Gasteiger charge is 2.02. The highest BCUT2D eigenvalue weighted by atomic mass is 32.1. The van der Waals surface area contributed by atoms with Crippen LogP contribution in [0.5, 0.6) is 0 Å². The lowest BCUT2D eigenvalue weighted by Crippen LogP contribution is -2.31. The fourth-order valence-corrected chi connectivity index (χ4v) is 0.802. The van der Waals surface area contributed by atoms with Gasteiger partial charge in [-0.3, -0.25) is 5.21 Å². The molecule has 0 spiro atoms. The average molecular weight is 168 g/mol. The summed E-state index contributed by atoms with van der Waals surface area (Å²) in [7, 11) is 0. The normalized spacial score (nSPS) is 9.18. The summed E-state index contributed by atoms with van der Waals surface area (Å²) < 4.78 is 0. The van der Waals surface area contributed by atoms with Gasteiger partial charge in [0.1, 0.15) is 0 Å². The highest BCUT2D eigenvalue weighted by Crippen LogP contribution is 2.09. The minimum absolute atomic E-state index is 0.0591. The van der Waals surface area contributed by atoms with Crippen LogP contribution in [0.25, 0.3) is 0 Å². The van der Waals surface area contributed by atoms with Gasteiger partial charge in [-0.05, 0) is 24.4 Å². The Morgan fingerprint density at radius 3 is 2.36 bits per heavy atom. The van der Waals surface area contributed by atoms with E-state index in [1.165, 1.54) is 0 Å². The van der Waals surface area contributed by atoms with Gasteiger partial charge in [0.2, 0.25) is 0 Å². The fraction of sp³-hybridized carbons (Fsp3) is 0. The first-order valence-electron chi connectivity index (χ1n) is 3.05. The van der Waals surface area contributed by atoms with E-state index in [0.29, 0.717) is 5.69 Å². The van der Waals surface area contributed by atoms with Crippen molar-refractivity contribution in [3.8, 4) is 0 Å². The van der Waals surface area contributed by atoms with E-state index in [0.717, 1.165) is 5.06 Å². The van der Waals surface area contributed by atoms with Gasteiger partial charge in [0, 0.05) is 0 Å². The number of anilines is 1. The Bertz CT molecular complexity index is 250. The van der Waals surface area contributed by atoms with E-state index in [9.17, 15) is 0 Å². The molecule has 1 rings (SSSR count). The summed E-state index contributed by atoms with van der Waals surface area (Å²) in [4.78, 5) is 0. The van der Waals surface area contributed by atoms with E-state index in [1.54, 1.807) is 24.3 Å². The topological polar surface area (TPSA) is 49.5 Å². The fourth-order valence-electron chi connectivity index (χ4n) is 0.696. The van der Waals surface area contributed by atoms with E-state index in [1.807, 2.05) is 6.07 Å². The van der Waals surface area contributed by atoms with Crippen LogP contribution in [0, 0.1) is 0 Å². The van der Waals surface area contributed by atoms with Crippen LogP contribution in [0.3, 0.4) is 0 Å². The van der Waals surface area contributed by atoms with Crippen molar-refractivity contribution in [2.24, 2.45) is 5.73 Å². The molecular formula is C7H8N2OS. The molecule has 0 aliphatic carbocycles. The largest absolute Gasteiger partial charge is 0.374 e. The Morgan fingerprint density at radius 1 is 1.36 bits per heavy atom. The van der Waals surface area contributed by atoms with Gasteiger partial charge in [-0.25, -0.2) is 0 Å². The van der Waals surface area contributed by atoms with Gasteiger partial charge in [0.15, 0.2) is 5.11 Å². The summed E-state index contributed by atoms with van der Waals surface area (Å²) in [6.07, 6.45) is 0. The minimum Gasteiger partial charge on any atom is -0.374 e. The van der Waals surface area contributed by atoms with E-state index in [2.05, 4.69) is 12.2 Å². The van der Waals surface area contributed by atoms with E-state index in [4.69, 9.17) is 10.9 Å². The van der Waals surface area contributed by atoms with Crippen molar-refractivity contribution in [1.82, 2.24) is 0 Å². The zero-order chi connectivity index (χ0) is 8.27. The van der Waals surface area contributed by atoms with Crippen LogP contribution in [0.15, 0.2) is 30.3 Å². The molecule has 58 valence electrons. The third-order valence-electron chi connectivity index (χ3n) is 1.21. The summed E-state index contributed by atoms with van der Waals surface area (Å²) >= 11 is 4.55. The number of thiocarbonyl (C=S) groups is 1. The number of para-hydroxylation sites is 1. The van der Waals surface area contributed by atoms with Crippen molar-refractivity contribution in [1.29, 1.82) is 0 Å². The van der Waals surface area contributed by atoms with Gasteiger partial charge in [-0.15, -0.1) is 0 Å². The number of rotatable bonds is 1. The quantitative estimate of drug-likeness (QED) is 0.487. The van der Waals surface area contributed by atoms with Crippen LogP contribution in [0.2, 0.25) is 0 Å². The van der Waals surface area contributed by atoms with Gasteiger partial charge >= 0.3 is 0 Å². The van der Waals surface area contributed by atoms with Crippen molar-refractivity contribution >= 4 is 23.0 Å². The summed E-state index contributed by atoms with van der Waals surface area (Å²) in [5.74, 6) is 0. The van der Waals surface area contributed by atoms with Crippen molar-refractivity contribution in [2.75, 3.05) is 5.06 Å². The molecule has 1 aromatic carbocycles. The molecule has 0 amide bonds. The van der Waals surface area contributed by atoms with Gasteiger partial charge < -0.3 is 5.73 Å². The molecule has 3 N–H and O–H groups in total. The first-order chi connectivity index (χ1) is 5.22. The molecule has 3 nitrogen and oxygen atoms in total. The van der Waals surface area contributed by atoms with Crippen LogP contribution in [-0.2, 0) is 0 Å². The molecule has 0 radical (unpaired) electrons. The smallest absolute Gasteiger partial charge is 0.195 e. The SMILES string of the molecule is NC(=S)N(O)c1ccccc1.